The number of ether oxygens (including phenoxy) is 2. The number of carbonyl (C=O) groups is 1. The SMILES string of the molecule is COc1ccc(C(CN)C(=O)O)cc1OC1CC1. The van der Waals surface area contributed by atoms with Gasteiger partial charge < -0.3 is 20.3 Å². The second-order valence-electron chi connectivity index (χ2n) is 4.35. The Labute approximate surface area is 106 Å². The fraction of sp³-hybridized carbons (Fsp3) is 0.462. The lowest BCUT2D eigenvalue weighted by Gasteiger charge is -2.15. The van der Waals surface area contributed by atoms with E-state index in [0.29, 0.717) is 17.1 Å². The van der Waals surface area contributed by atoms with Crippen LogP contribution >= 0.6 is 0 Å². The fourth-order valence-electron chi connectivity index (χ4n) is 1.75. The number of rotatable bonds is 6. The summed E-state index contributed by atoms with van der Waals surface area (Å²) in [4.78, 5) is 11.1. The number of hydrogen-bond donors (Lipinski definition) is 2. The van der Waals surface area contributed by atoms with E-state index < -0.39 is 11.9 Å². The minimum absolute atomic E-state index is 0.0601. The van der Waals surface area contributed by atoms with Crippen LogP contribution in [0.4, 0.5) is 0 Å². The van der Waals surface area contributed by atoms with Gasteiger partial charge in [-0.2, -0.15) is 0 Å². The van der Waals surface area contributed by atoms with Crippen LogP contribution in [0.2, 0.25) is 0 Å². The Balaban J connectivity index is 2.28. The highest BCUT2D eigenvalue weighted by Crippen LogP contribution is 2.35. The zero-order valence-corrected chi connectivity index (χ0v) is 10.3. The highest BCUT2D eigenvalue weighted by molar-refractivity contribution is 5.76. The summed E-state index contributed by atoms with van der Waals surface area (Å²) in [5.41, 5.74) is 6.13. The molecular formula is C13H17NO4. The molecule has 1 aromatic rings. The van der Waals surface area contributed by atoms with Crippen LogP contribution in [-0.2, 0) is 4.79 Å². The maximum absolute atomic E-state index is 11.1. The number of hydrogen-bond acceptors (Lipinski definition) is 4. The standard InChI is InChI=1S/C13H17NO4/c1-17-11-5-2-8(10(7-14)13(15)16)6-12(11)18-9-3-4-9/h2,5-6,9-10H,3-4,7,14H2,1H3,(H,15,16). The molecule has 5 heteroatoms. The largest absolute Gasteiger partial charge is 0.493 e. The molecule has 0 aliphatic heterocycles. The molecule has 2 rings (SSSR count). The van der Waals surface area contributed by atoms with Crippen molar-refractivity contribution in [3.05, 3.63) is 23.8 Å². The summed E-state index contributed by atoms with van der Waals surface area (Å²) in [5, 5.41) is 9.09. The van der Waals surface area contributed by atoms with Crippen LogP contribution in [0.3, 0.4) is 0 Å². The van der Waals surface area contributed by atoms with Gasteiger partial charge in [0.2, 0.25) is 0 Å². The van der Waals surface area contributed by atoms with E-state index in [1.165, 1.54) is 0 Å². The Morgan fingerprint density at radius 1 is 1.50 bits per heavy atom. The van der Waals surface area contributed by atoms with Gasteiger partial charge in [-0.05, 0) is 30.5 Å². The zero-order valence-electron chi connectivity index (χ0n) is 10.3. The van der Waals surface area contributed by atoms with Gasteiger partial charge in [0, 0.05) is 6.54 Å². The van der Waals surface area contributed by atoms with E-state index in [0.717, 1.165) is 12.8 Å². The molecule has 98 valence electrons. The smallest absolute Gasteiger partial charge is 0.312 e. The predicted molar refractivity (Wildman–Crippen MR) is 66.1 cm³/mol. The molecule has 18 heavy (non-hydrogen) atoms. The van der Waals surface area contributed by atoms with E-state index in [-0.39, 0.29) is 12.6 Å². The Bertz CT molecular complexity index is 443. The number of carboxylic acid groups (broad SMARTS) is 1. The summed E-state index contributed by atoms with van der Waals surface area (Å²) in [6.07, 6.45) is 2.30. The van der Waals surface area contributed by atoms with Gasteiger partial charge in [-0.15, -0.1) is 0 Å². The third kappa shape index (κ3) is 2.73. The lowest BCUT2D eigenvalue weighted by Crippen LogP contribution is -2.21. The molecule has 0 bridgehead atoms. The van der Waals surface area contributed by atoms with Crippen LogP contribution in [0.15, 0.2) is 18.2 Å². The Kier molecular flexibility index (Phi) is 3.72. The summed E-state index contributed by atoms with van der Waals surface area (Å²) < 4.78 is 10.9. The minimum Gasteiger partial charge on any atom is -0.493 e. The fourth-order valence-corrected chi connectivity index (χ4v) is 1.75. The summed E-state index contributed by atoms with van der Waals surface area (Å²) in [5.74, 6) is -0.429. The molecule has 0 spiro atoms. The average molecular weight is 251 g/mol. The van der Waals surface area contributed by atoms with Crippen LogP contribution < -0.4 is 15.2 Å². The molecule has 0 aromatic heterocycles. The first-order valence-electron chi connectivity index (χ1n) is 5.93. The molecule has 1 saturated carbocycles. The Morgan fingerprint density at radius 3 is 2.72 bits per heavy atom. The van der Waals surface area contributed by atoms with Gasteiger partial charge in [0.25, 0.3) is 0 Å². The topological polar surface area (TPSA) is 81.8 Å². The molecule has 0 saturated heterocycles. The molecule has 0 heterocycles. The second kappa shape index (κ2) is 5.27. The summed E-state index contributed by atoms with van der Waals surface area (Å²) in [6, 6.07) is 5.14. The van der Waals surface area contributed by atoms with Crippen LogP contribution in [0.1, 0.15) is 24.3 Å². The van der Waals surface area contributed by atoms with Crippen LogP contribution in [-0.4, -0.2) is 30.8 Å². The van der Waals surface area contributed by atoms with Gasteiger partial charge in [-0.1, -0.05) is 6.07 Å². The summed E-state index contributed by atoms with van der Waals surface area (Å²) in [6.45, 7) is 0.0601. The normalized spacial score (nSPS) is 16.1. The van der Waals surface area contributed by atoms with Crippen molar-refractivity contribution < 1.29 is 19.4 Å². The predicted octanol–water partition coefficient (Wildman–Crippen LogP) is 1.36. The van der Waals surface area contributed by atoms with E-state index in [1.54, 1.807) is 25.3 Å². The first-order valence-corrected chi connectivity index (χ1v) is 5.93. The van der Waals surface area contributed by atoms with Crippen molar-refractivity contribution in [1.29, 1.82) is 0 Å². The van der Waals surface area contributed by atoms with Crippen molar-refractivity contribution in [2.75, 3.05) is 13.7 Å². The third-order valence-electron chi connectivity index (χ3n) is 2.94. The van der Waals surface area contributed by atoms with Gasteiger partial charge in [0.1, 0.15) is 0 Å². The molecular weight excluding hydrogens is 234 g/mol. The van der Waals surface area contributed by atoms with Crippen LogP contribution in [0, 0.1) is 0 Å². The Hall–Kier alpha value is -1.75. The van der Waals surface area contributed by atoms with Crippen molar-refractivity contribution in [2.24, 2.45) is 5.73 Å². The van der Waals surface area contributed by atoms with Crippen molar-refractivity contribution in [3.8, 4) is 11.5 Å². The lowest BCUT2D eigenvalue weighted by molar-refractivity contribution is -0.138. The molecule has 0 amide bonds. The van der Waals surface area contributed by atoms with E-state index in [9.17, 15) is 4.79 Å². The quantitative estimate of drug-likeness (QED) is 0.797. The first kappa shape index (κ1) is 12.7. The average Bonchev–Trinajstić information content (AvgIpc) is 3.14. The van der Waals surface area contributed by atoms with E-state index in [4.69, 9.17) is 20.3 Å². The van der Waals surface area contributed by atoms with E-state index in [1.807, 2.05) is 0 Å². The molecule has 1 aliphatic rings. The summed E-state index contributed by atoms with van der Waals surface area (Å²) in [7, 11) is 1.56. The molecule has 5 nitrogen and oxygen atoms in total. The third-order valence-corrected chi connectivity index (χ3v) is 2.94. The molecule has 1 atom stereocenters. The second-order valence-corrected chi connectivity index (χ2v) is 4.35. The maximum Gasteiger partial charge on any atom is 0.312 e. The highest BCUT2D eigenvalue weighted by atomic mass is 16.5. The van der Waals surface area contributed by atoms with Gasteiger partial charge in [0.05, 0.1) is 19.1 Å². The lowest BCUT2D eigenvalue weighted by atomic mass is 9.99. The number of aliphatic carboxylic acids is 1. The van der Waals surface area contributed by atoms with Gasteiger partial charge in [-0.3, -0.25) is 4.79 Å². The van der Waals surface area contributed by atoms with E-state index >= 15 is 0 Å². The van der Waals surface area contributed by atoms with Crippen molar-refractivity contribution >= 4 is 5.97 Å². The van der Waals surface area contributed by atoms with Crippen LogP contribution in [0.25, 0.3) is 0 Å². The van der Waals surface area contributed by atoms with Crippen molar-refractivity contribution in [1.82, 2.24) is 0 Å². The van der Waals surface area contributed by atoms with Gasteiger partial charge in [0.15, 0.2) is 11.5 Å². The van der Waals surface area contributed by atoms with Gasteiger partial charge in [-0.25, -0.2) is 0 Å². The molecule has 3 N–H and O–H groups in total. The van der Waals surface area contributed by atoms with E-state index in [2.05, 4.69) is 0 Å². The van der Waals surface area contributed by atoms with Crippen LogP contribution in [0.5, 0.6) is 11.5 Å². The molecule has 0 radical (unpaired) electrons. The maximum atomic E-state index is 11.1. The minimum atomic E-state index is -0.931. The molecule has 1 aromatic carbocycles. The molecule has 1 aliphatic carbocycles. The number of carboxylic acids is 1. The molecule has 1 fully saturated rings. The summed E-state index contributed by atoms with van der Waals surface area (Å²) >= 11 is 0. The zero-order chi connectivity index (χ0) is 13.1. The van der Waals surface area contributed by atoms with Crippen molar-refractivity contribution in [2.45, 2.75) is 24.9 Å². The number of methoxy groups -OCH3 is 1. The van der Waals surface area contributed by atoms with Crippen molar-refractivity contribution in [3.63, 3.8) is 0 Å². The Morgan fingerprint density at radius 2 is 2.22 bits per heavy atom. The monoisotopic (exact) mass is 251 g/mol. The highest BCUT2D eigenvalue weighted by Gasteiger charge is 2.26. The number of nitrogens with two attached hydrogens (primary N) is 1. The first-order chi connectivity index (χ1) is 8.65. The number of benzene rings is 1. The molecule has 1 unspecified atom stereocenters. The van der Waals surface area contributed by atoms with Gasteiger partial charge >= 0.3 is 5.97 Å².